The number of benzene rings is 3. The summed E-state index contributed by atoms with van der Waals surface area (Å²) in [5.74, 6) is 0. The van der Waals surface area contributed by atoms with Crippen LogP contribution in [-0.4, -0.2) is 29.0 Å². The van der Waals surface area contributed by atoms with Gasteiger partial charge in [-0.3, -0.25) is 0 Å². The summed E-state index contributed by atoms with van der Waals surface area (Å²) in [4.78, 5) is 0. The molecule has 0 saturated heterocycles. The molecule has 0 atom stereocenters. The van der Waals surface area contributed by atoms with Gasteiger partial charge in [-0.05, 0) is 0 Å². The van der Waals surface area contributed by atoms with Gasteiger partial charge in [0.2, 0.25) is 0 Å². The monoisotopic (exact) mass is 886 g/mol. The van der Waals surface area contributed by atoms with Gasteiger partial charge in [-0.1, -0.05) is 13.8 Å². The number of hydrogen-bond acceptors (Lipinski definition) is 2. The molecule has 0 fully saturated rings. The van der Waals surface area contributed by atoms with Gasteiger partial charge in [0.25, 0.3) is 0 Å². The Balaban J connectivity index is 0.935. The van der Waals surface area contributed by atoms with E-state index in [0.29, 0.717) is 29.0 Å². The van der Waals surface area contributed by atoms with Crippen molar-refractivity contribution in [3.63, 3.8) is 0 Å². The van der Waals surface area contributed by atoms with E-state index >= 15 is 0 Å². The van der Waals surface area contributed by atoms with Crippen LogP contribution in [0.1, 0.15) is 151 Å². The zero-order valence-electron chi connectivity index (χ0n) is 33.1. The molecule has 3 aromatic carbocycles. The van der Waals surface area contributed by atoms with Crippen molar-refractivity contribution < 1.29 is 0 Å². The molecule has 0 aliphatic heterocycles. The quantitative estimate of drug-likeness (QED) is 0.0419. The second-order valence-electron chi connectivity index (χ2n) is 15.9. The Kier molecular flexibility index (Phi) is 15.7. The number of hydrogen-bond donors (Lipinski definition) is 0. The molecule has 7 rings (SSSR count). The topological polar surface area (TPSA) is 0 Å². The molecule has 0 saturated carbocycles. The van der Waals surface area contributed by atoms with Gasteiger partial charge in [0.15, 0.2) is 0 Å². The van der Waals surface area contributed by atoms with E-state index in [1.54, 1.807) is 17.7 Å². The van der Waals surface area contributed by atoms with E-state index in [-0.39, 0.29) is 0 Å². The third-order valence-electron chi connectivity index (χ3n) is 11.5. The van der Waals surface area contributed by atoms with Crippen LogP contribution < -0.4 is 0 Å². The average molecular weight is 885 g/mol. The molecule has 286 valence electrons. The Morgan fingerprint density at radius 2 is 0.704 bits per heavy atom. The van der Waals surface area contributed by atoms with E-state index in [9.17, 15) is 0 Å². The fourth-order valence-corrected chi connectivity index (χ4v) is 15.0. The van der Waals surface area contributed by atoms with Crippen LogP contribution in [0.4, 0.5) is 0 Å². The number of unbranched alkanes of at least 4 members (excludes halogenated alkanes) is 18. The Morgan fingerprint density at radius 3 is 1.09 bits per heavy atom. The maximum absolute atomic E-state index is 2.49. The predicted molar refractivity (Wildman–Crippen MR) is 248 cm³/mol. The van der Waals surface area contributed by atoms with Gasteiger partial charge in [-0.25, -0.2) is 0 Å². The van der Waals surface area contributed by atoms with Crippen LogP contribution in [0.15, 0.2) is 72.8 Å². The van der Waals surface area contributed by atoms with Gasteiger partial charge < -0.3 is 0 Å². The molecule has 0 unspecified atom stereocenters. The Hall–Kier alpha value is -1.90. The standard InChI is InChI=1S/C50H62S2Se2/c1-3-5-7-9-11-13-15-17-19-21-23-39-27-31-49(53-39)37-25-29-41-43-35-48-44(36-47(43)51-45(41)33-37)42-30-26-38(34-46(42)52-48)50-32-28-40(54-50)24-22-20-18-16-14-12-10-8-6-4-2/h25-36H,3-24H2,1-2H3. The van der Waals surface area contributed by atoms with Crippen molar-refractivity contribution in [1.29, 1.82) is 0 Å². The van der Waals surface area contributed by atoms with Gasteiger partial charge in [0.05, 0.1) is 0 Å². The van der Waals surface area contributed by atoms with E-state index in [1.165, 1.54) is 193 Å². The second-order valence-corrected chi connectivity index (χ2v) is 22.9. The van der Waals surface area contributed by atoms with Crippen LogP contribution in [0.25, 0.3) is 60.3 Å². The molecule has 0 radical (unpaired) electrons. The first-order chi connectivity index (χ1) is 26.7. The molecule has 0 nitrogen and oxygen atoms in total. The number of rotatable bonds is 24. The van der Waals surface area contributed by atoms with Crippen molar-refractivity contribution in [3.8, 4) is 20.0 Å². The molecular formula is C50H62S2Se2. The van der Waals surface area contributed by atoms with Crippen LogP contribution in [0.5, 0.6) is 0 Å². The van der Waals surface area contributed by atoms with Gasteiger partial charge in [-0.15, -0.1) is 0 Å². The molecule has 0 spiro atoms. The molecule has 4 heteroatoms. The molecule has 0 bridgehead atoms. The minimum absolute atomic E-state index is 0.476. The normalized spacial score (nSPS) is 12.0. The molecule has 54 heavy (non-hydrogen) atoms. The van der Waals surface area contributed by atoms with Crippen LogP contribution in [0.3, 0.4) is 0 Å². The Morgan fingerprint density at radius 1 is 0.352 bits per heavy atom. The summed E-state index contributed by atoms with van der Waals surface area (Å²) in [6.45, 7) is 4.61. The third kappa shape index (κ3) is 10.7. The zero-order chi connectivity index (χ0) is 37.0. The number of fused-ring (bicyclic) bond motifs is 6. The Bertz CT molecular complexity index is 2030. The van der Waals surface area contributed by atoms with Crippen LogP contribution >= 0.6 is 22.7 Å². The van der Waals surface area contributed by atoms with E-state index in [1.807, 2.05) is 22.7 Å². The SMILES string of the molecule is CCCCCCCCCCCCc1ccc(-c2ccc3c(c2)sc2cc4c(cc23)sc2cc(-c3ccc(CCCCCCCCCCCC)[se]3)ccc24)[se]1. The zero-order valence-corrected chi connectivity index (χ0v) is 38.2. The van der Waals surface area contributed by atoms with Gasteiger partial charge >= 0.3 is 335 Å². The first-order valence-electron chi connectivity index (χ1n) is 21.7. The molecule has 4 aromatic heterocycles. The van der Waals surface area contributed by atoms with Crippen molar-refractivity contribution in [3.05, 3.63) is 81.7 Å². The molecule has 0 aliphatic rings. The van der Waals surface area contributed by atoms with E-state index in [4.69, 9.17) is 0 Å². The van der Waals surface area contributed by atoms with E-state index in [2.05, 4.69) is 86.6 Å². The van der Waals surface area contributed by atoms with Crippen molar-refractivity contribution in [2.75, 3.05) is 0 Å². The molecule has 0 amide bonds. The first-order valence-corrected chi connectivity index (χ1v) is 26.8. The maximum atomic E-state index is 2.49. The molecular weight excluding hydrogens is 823 g/mol. The second kappa shape index (κ2) is 21.0. The summed E-state index contributed by atoms with van der Waals surface area (Å²) in [5, 5.41) is 5.69. The molecule has 4 heterocycles. The van der Waals surface area contributed by atoms with Crippen LogP contribution in [-0.2, 0) is 12.8 Å². The fraction of sp³-hybridized carbons (Fsp3) is 0.480. The summed E-state index contributed by atoms with van der Waals surface area (Å²) in [6, 6.07) is 29.3. The van der Waals surface area contributed by atoms with Crippen molar-refractivity contribution in [2.24, 2.45) is 0 Å². The van der Waals surface area contributed by atoms with Crippen molar-refractivity contribution in [1.82, 2.24) is 0 Å². The fourth-order valence-electron chi connectivity index (χ4n) is 8.26. The summed E-state index contributed by atoms with van der Waals surface area (Å²) >= 11 is 4.92. The van der Waals surface area contributed by atoms with E-state index < -0.39 is 0 Å². The minimum atomic E-state index is 0.476. The molecule has 0 N–H and O–H groups in total. The summed E-state index contributed by atoms with van der Waals surface area (Å²) in [6.07, 6.45) is 30.9. The Labute approximate surface area is 346 Å². The van der Waals surface area contributed by atoms with Crippen LogP contribution in [0, 0.1) is 0 Å². The number of thiophene rings is 2. The third-order valence-corrected chi connectivity index (χ3v) is 18.8. The molecule has 0 aliphatic carbocycles. The average Bonchev–Trinajstić information content (AvgIpc) is 4.00. The van der Waals surface area contributed by atoms with Gasteiger partial charge in [-0.2, -0.15) is 0 Å². The van der Waals surface area contributed by atoms with Gasteiger partial charge in [0, 0.05) is 0 Å². The van der Waals surface area contributed by atoms with Crippen molar-refractivity contribution in [2.45, 2.75) is 155 Å². The molecule has 7 aromatic rings. The summed E-state index contributed by atoms with van der Waals surface area (Å²) < 4.78 is 12.2. The van der Waals surface area contributed by atoms with E-state index in [0.717, 1.165) is 0 Å². The van der Waals surface area contributed by atoms with Crippen LogP contribution in [0.2, 0.25) is 0 Å². The van der Waals surface area contributed by atoms with Crippen molar-refractivity contribution >= 4 is 92.0 Å². The van der Waals surface area contributed by atoms with Gasteiger partial charge in [0.1, 0.15) is 0 Å². The summed E-state index contributed by atoms with van der Waals surface area (Å²) in [7, 11) is 0. The number of aryl methyl sites for hydroxylation is 2. The summed E-state index contributed by atoms with van der Waals surface area (Å²) in [5.41, 5.74) is 2.87. The first kappa shape index (κ1) is 40.3. The predicted octanol–water partition coefficient (Wildman–Crippen LogP) is 16.8.